The predicted molar refractivity (Wildman–Crippen MR) is 301 cm³/mol. The fraction of sp³-hybridized carbons (Fsp3) is 0.273. The zero-order valence-corrected chi connectivity index (χ0v) is 43.2. The molecule has 0 radical (unpaired) electrons. The van der Waals surface area contributed by atoms with Crippen molar-refractivity contribution in [1.29, 1.82) is 0 Å². The van der Waals surface area contributed by atoms with Crippen molar-refractivity contribution in [2.24, 2.45) is 5.92 Å². The van der Waals surface area contributed by atoms with Gasteiger partial charge in [0.15, 0.2) is 0 Å². The Morgan fingerprint density at radius 1 is 0.464 bits per heavy atom. The van der Waals surface area contributed by atoms with Gasteiger partial charge in [0.1, 0.15) is 11.5 Å². The van der Waals surface area contributed by atoms with Gasteiger partial charge in [0.2, 0.25) is 0 Å². The fourth-order valence-corrected chi connectivity index (χ4v) is 11.0. The Morgan fingerprint density at radius 3 is 1.64 bits per heavy atom. The molecule has 0 bridgehead atoms. The molecule has 1 unspecified atom stereocenters. The molecule has 11 aromatic rings. The lowest BCUT2D eigenvalue weighted by atomic mass is 9.87. The minimum Gasteiger partial charge on any atom is -0.288 e. The summed E-state index contributed by atoms with van der Waals surface area (Å²) in [5, 5.41) is 16.7. The third kappa shape index (κ3) is 8.89. The van der Waals surface area contributed by atoms with Gasteiger partial charge in [-0.25, -0.2) is 9.97 Å². The summed E-state index contributed by atoms with van der Waals surface area (Å²) in [6.45, 7) is 28.9. The van der Waals surface area contributed by atoms with Crippen LogP contribution in [0.1, 0.15) is 135 Å². The zero-order chi connectivity index (χ0) is 48.8. The number of hydrogen-bond acceptors (Lipinski definition) is 2. The first-order valence-electron chi connectivity index (χ1n) is 25.2. The van der Waals surface area contributed by atoms with E-state index in [1.165, 1.54) is 115 Å². The van der Waals surface area contributed by atoms with Gasteiger partial charge in [-0.15, -0.1) is 0 Å². The van der Waals surface area contributed by atoms with Crippen molar-refractivity contribution in [1.82, 2.24) is 14.4 Å². The average Bonchev–Trinajstić information content (AvgIpc) is 4.00. The number of hydrogen-bond donors (Lipinski definition) is 0. The van der Waals surface area contributed by atoms with Gasteiger partial charge in [-0.05, 0) is 156 Å². The largest absolute Gasteiger partial charge is 0.288 e. The van der Waals surface area contributed by atoms with Gasteiger partial charge in [0.05, 0.1) is 5.69 Å². The van der Waals surface area contributed by atoms with Gasteiger partial charge >= 0.3 is 0 Å². The summed E-state index contributed by atoms with van der Waals surface area (Å²) in [5.41, 5.74) is 13.2. The molecule has 69 heavy (non-hydrogen) atoms. The highest BCUT2D eigenvalue weighted by molar-refractivity contribution is 6.24. The number of imidazole rings is 1. The highest BCUT2D eigenvalue weighted by atomic mass is 15.1. The smallest absolute Gasteiger partial charge is 0.147 e. The molecule has 1 atom stereocenters. The number of benzene rings is 9. The number of aromatic nitrogens is 3. The number of nitrogens with zero attached hydrogens (tertiary/aromatic N) is 3. The van der Waals surface area contributed by atoms with E-state index in [9.17, 15) is 0 Å². The van der Waals surface area contributed by atoms with E-state index >= 15 is 0 Å². The van der Waals surface area contributed by atoms with Crippen molar-refractivity contribution in [2.75, 3.05) is 0 Å². The van der Waals surface area contributed by atoms with Crippen LogP contribution in [-0.2, 0) is 0 Å². The zero-order valence-electron chi connectivity index (χ0n) is 43.2. The molecule has 9 aromatic carbocycles. The molecule has 0 fully saturated rings. The second kappa shape index (κ2) is 19.3. The third-order valence-electron chi connectivity index (χ3n) is 14.6. The summed E-state index contributed by atoms with van der Waals surface area (Å²) in [7, 11) is 0. The molecule has 2 aromatic heterocycles. The van der Waals surface area contributed by atoms with Crippen molar-refractivity contribution >= 4 is 76.4 Å². The molecule has 0 saturated heterocycles. The van der Waals surface area contributed by atoms with Crippen LogP contribution in [0.3, 0.4) is 0 Å². The molecule has 348 valence electrons. The van der Waals surface area contributed by atoms with Crippen molar-refractivity contribution in [3.8, 4) is 0 Å². The lowest BCUT2D eigenvalue weighted by molar-refractivity contribution is 0.570. The summed E-state index contributed by atoms with van der Waals surface area (Å²) in [4.78, 5) is 9.13. The van der Waals surface area contributed by atoms with Gasteiger partial charge in [0.25, 0.3) is 0 Å². The molecular formula is C66H69N3. The standard InChI is InChI=1S/C20H18.C18H18.C15H18.C13H15N3/c1-12(2)16-10-9-15-8-7-14-5-4-6-17-13(3)11-18(16)20(15)19(14)17;1-12(2)14-9-6-10-17-16-8-5-4-7-15(16)13(3)11-18(14)17;1-10(2)13-6-5-7-14-12(4)8-11(3)9-15(13)14;1-8(2)10-4-5-11-12(10)15-9(3)16-7-6-14-13(11)16/h4-12H,1-3H3;4-12H,1-3H3;5-10H,1-4H3;4-8,10H,1-3H3. The maximum Gasteiger partial charge on any atom is 0.147 e. The number of aryl methyl sites for hydroxylation is 5. The predicted octanol–water partition coefficient (Wildman–Crippen LogP) is 18.8. The molecule has 3 nitrogen and oxygen atoms in total. The van der Waals surface area contributed by atoms with E-state index in [0.717, 1.165) is 11.5 Å². The molecule has 12 rings (SSSR count). The van der Waals surface area contributed by atoms with Crippen LogP contribution in [0, 0.1) is 40.5 Å². The molecule has 3 heteroatoms. The minimum atomic E-state index is 0.440. The summed E-state index contributed by atoms with van der Waals surface area (Å²) < 4.78 is 2.05. The van der Waals surface area contributed by atoms with Crippen molar-refractivity contribution < 1.29 is 0 Å². The maximum absolute atomic E-state index is 4.72. The summed E-state index contributed by atoms with van der Waals surface area (Å²) in [5.74, 6) is 3.75. The Hall–Kier alpha value is -6.84. The number of rotatable bonds is 4. The molecule has 1 aliphatic rings. The Kier molecular flexibility index (Phi) is 13.2. The van der Waals surface area contributed by atoms with Crippen molar-refractivity contribution in [3.05, 3.63) is 202 Å². The van der Waals surface area contributed by atoms with E-state index in [0.29, 0.717) is 29.6 Å². The van der Waals surface area contributed by atoms with Crippen LogP contribution in [0.4, 0.5) is 0 Å². The van der Waals surface area contributed by atoms with Crippen LogP contribution in [0.2, 0.25) is 0 Å². The number of allylic oxidation sites excluding steroid dienone is 1. The van der Waals surface area contributed by atoms with E-state index in [4.69, 9.17) is 4.98 Å². The Bertz CT molecular complexity index is 3690. The van der Waals surface area contributed by atoms with E-state index in [1.807, 2.05) is 23.7 Å². The fourth-order valence-electron chi connectivity index (χ4n) is 11.0. The Morgan fingerprint density at radius 2 is 0.957 bits per heavy atom. The Labute approximate surface area is 410 Å². The lowest BCUT2D eigenvalue weighted by Crippen LogP contribution is -2.08. The minimum absolute atomic E-state index is 0.440. The van der Waals surface area contributed by atoms with Gasteiger partial charge in [-0.1, -0.05) is 200 Å². The number of fused-ring (bicyclic) bond motifs is 7. The van der Waals surface area contributed by atoms with Crippen LogP contribution in [0.15, 0.2) is 146 Å². The SMILES string of the molecule is Cc1cc(C)c2cccc(C(C)C)c2c1.Cc1cc2c(C(C)C)ccc3ccc4cccc1c4c32.Cc1cc2c(C(C)C)cccc2c2ccccc12.Cc1nc2c(c3nccn13)C=CC2C(C)C. The van der Waals surface area contributed by atoms with Crippen LogP contribution in [-0.4, -0.2) is 14.4 Å². The maximum atomic E-state index is 4.72. The van der Waals surface area contributed by atoms with Crippen molar-refractivity contribution in [3.63, 3.8) is 0 Å². The molecule has 0 saturated carbocycles. The Balaban J connectivity index is 0.000000115. The highest BCUT2D eigenvalue weighted by Gasteiger charge is 2.25. The van der Waals surface area contributed by atoms with E-state index in [-0.39, 0.29) is 0 Å². The van der Waals surface area contributed by atoms with E-state index < -0.39 is 0 Å². The molecule has 0 spiro atoms. The average molecular weight is 904 g/mol. The summed E-state index contributed by atoms with van der Waals surface area (Å²) >= 11 is 0. The first-order valence-corrected chi connectivity index (χ1v) is 25.2. The van der Waals surface area contributed by atoms with Gasteiger partial charge in [-0.3, -0.25) is 4.40 Å². The van der Waals surface area contributed by atoms with E-state index in [2.05, 4.69) is 228 Å². The monoisotopic (exact) mass is 904 g/mol. The molecule has 0 aliphatic heterocycles. The molecule has 0 N–H and O–H groups in total. The molecule has 2 heterocycles. The molecule has 1 aliphatic carbocycles. The topological polar surface area (TPSA) is 30.2 Å². The van der Waals surface area contributed by atoms with Crippen molar-refractivity contribution in [2.45, 2.75) is 114 Å². The highest BCUT2D eigenvalue weighted by Crippen LogP contribution is 2.40. The lowest BCUT2D eigenvalue weighted by Gasteiger charge is -2.17. The summed E-state index contributed by atoms with van der Waals surface area (Å²) in [6, 6.07) is 47.0. The normalized spacial score (nSPS) is 13.3. The van der Waals surface area contributed by atoms with E-state index in [1.54, 1.807) is 0 Å². The molecular weight excluding hydrogens is 835 g/mol. The third-order valence-corrected chi connectivity index (χ3v) is 14.6. The van der Waals surface area contributed by atoms with Crippen LogP contribution in [0.5, 0.6) is 0 Å². The van der Waals surface area contributed by atoms with Gasteiger partial charge in [0, 0.05) is 23.9 Å². The van der Waals surface area contributed by atoms with Gasteiger partial charge in [-0.2, -0.15) is 0 Å². The molecule has 0 amide bonds. The second-order valence-corrected chi connectivity index (χ2v) is 20.8. The van der Waals surface area contributed by atoms with Crippen LogP contribution >= 0.6 is 0 Å². The van der Waals surface area contributed by atoms with Crippen LogP contribution in [0.25, 0.3) is 76.4 Å². The summed E-state index contributed by atoms with van der Waals surface area (Å²) in [6.07, 6.45) is 8.21. The van der Waals surface area contributed by atoms with Crippen LogP contribution < -0.4 is 0 Å². The quantitative estimate of drug-likeness (QED) is 0.165. The van der Waals surface area contributed by atoms with Gasteiger partial charge < -0.3 is 0 Å². The first-order chi connectivity index (χ1) is 33.1. The first kappa shape index (κ1) is 47.2. The second-order valence-electron chi connectivity index (χ2n) is 20.8.